The van der Waals surface area contributed by atoms with Crippen molar-refractivity contribution in [3.8, 4) is 0 Å². The predicted molar refractivity (Wildman–Crippen MR) is 70.1 cm³/mol. The number of hydrogen-bond donors (Lipinski definition) is 3. The molecule has 1 heterocycles. The van der Waals surface area contributed by atoms with Gasteiger partial charge in [0.05, 0.1) is 0 Å². The van der Waals surface area contributed by atoms with Crippen molar-refractivity contribution in [1.29, 1.82) is 0 Å². The van der Waals surface area contributed by atoms with Crippen LogP contribution in [0, 0.1) is 0 Å². The Bertz CT molecular complexity index is 381. The number of nitrogens with one attached hydrogen (secondary N) is 2. The van der Waals surface area contributed by atoms with Crippen LogP contribution in [0.1, 0.15) is 30.9 Å². The summed E-state index contributed by atoms with van der Waals surface area (Å²) in [6, 6.07) is 10.5. The van der Waals surface area contributed by atoms with Crippen LogP contribution in [0.15, 0.2) is 30.3 Å². The van der Waals surface area contributed by atoms with Gasteiger partial charge in [-0.2, -0.15) is 0 Å². The van der Waals surface area contributed by atoms with Gasteiger partial charge < -0.3 is 15.7 Å². The summed E-state index contributed by atoms with van der Waals surface area (Å²) < 4.78 is 0. The van der Waals surface area contributed by atoms with Crippen LogP contribution in [0.5, 0.6) is 0 Å². The van der Waals surface area contributed by atoms with Gasteiger partial charge in [0, 0.05) is 31.7 Å². The zero-order valence-electron chi connectivity index (χ0n) is 10.4. The normalized spacial score (nSPS) is 20.7. The Morgan fingerprint density at radius 3 is 2.78 bits per heavy atom. The van der Waals surface area contributed by atoms with Gasteiger partial charge in [-0.15, -0.1) is 0 Å². The summed E-state index contributed by atoms with van der Waals surface area (Å²) in [6.45, 7) is 0.912. The van der Waals surface area contributed by atoms with Crippen LogP contribution in [0.2, 0.25) is 0 Å². The third kappa shape index (κ3) is 3.55. The fraction of sp³-hybridized carbons (Fsp3) is 0.500. The Morgan fingerprint density at radius 1 is 1.39 bits per heavy atom. The van der Waals surface area contributed by atoms with Gasteiger partial charge in [0.1, 0.15) is 0 Å². The van der Waals surface area contributed by atoms with Crippen molar-refractivity contribution in [2.75, 3.05) is 13.2 Å². The van der Waals surface area contributed by atoms with Gasteiger partial charge in [0.15, 0.2) is 0 Å². The maximum atomic E-state index is 11.1. The summed E-state index contributed by atoms with van der Waals surface area (Å²) in [5.74, 6) is 0.139. The number of rotatable bonds is 6. The molecule has 18 heavy (non-hydrogen) atoms. The number of carbonyl (C=O) groups excluding carboxylic acids is 1. The third-order valence-electron chi connectivity index (χ3n) is 3.32. The molecule has 0 bridgehead atoms. The minimum atomic E-state index is 0.139. The van der Waals surface area contributed by atoms with Crippen LogP contribution in [0.3, 0.4) is 0 Å². The lowest BCUT2D eigenvalue weighted by Gasteiger charge is -2.20. The lowest BCUT2D eigenvalue weighted by Crippen LogP contribution is -2.37. The molecule has 0 unspecified atom stereocenters. The molecule has 1 aromatic carbocycles. The van der Waals surface area contributed by atoms with E-state index in [1.807, 2.05) is 18.2 Å². The molecule has 3 N–H and O–H groups in total. The van der Waals surface area contributed by atoms with Crippen LogP contribution in [0.25, 0.3) is 0 Å². The first-order valence-corrected chi connectivity index (χ1v) is 6.48. The highest BCUT2D eigenvalue weighted by Crippen LogP contribution is 2.16. The molecular weight excluding hydrogens is 228 g/mol. The largest absolute Gasteiger partial charge is 0.396 e. The fourth-order valence-electron chi connectivity index (χ4n) is 2.32. The molecule has 0 spiro atoms. The highest BCUT2D eigenvalue weighted by molar-refractivity contribution is 5.78. The van der Waals surface area contributed by atoms with E-state index < -0.39 is 0 Å². The smallest absolute Gasteiger partial charge is 0.220 e. The molecule has 4 nitrogen and oxygen atoms in total. The van der Waals surface area contributed by atoms with Gasteiger partial charge in [-0.1, -0.05) is 30.3 Å². The second-order valence-electron chi connectivity index (χ2n) is 4.69. The van der Waals surface area contributed by atoms with Crippen molar-refractivity contribution < 1.29 is 9.90 Å². The molecule has 1 saturated heterocycles. The van der Waals surface area contributed by atoms with Crippen molar-refractivity contribution in [2.45, 2.75) is 31.3 Å². The van der Waals surface area contributed by atoms with Gasteiger partial charge in [0.2, 0.25) is 5.91 Å². The maximum absolute atomic E-state index is 11.1. The van der Waals surface area contributed by atoms with Crippen molar-refractivity contribution >= 4 is 5.91 Å². The van der Waals surface area contributed by atoms with Crippen molar-refractivity contribution in [1.82, 2.24) is 10.6 Å². The van der Waals surface area contributed by atoms with Gasteiger partial charge in [-0.05, 0) is 18.4 Å². The zero-order chi connectivity index (χ0) is 12.8. The van der Waals surface area contributed by atoms with Crippen molar-refractivity contribution in [3.63, 3.8) is 0 Å². The average molecular weight is 248 g/mol. The van der Waals surface area contributed by atoms with E-state index in [0.717, 1.165) is 13.0 Å². The average Bonchev–Trinajstić information content (AvgIpc) is 2.81. The highest BCUT2D eigenvalue weighted by Gasteiger charge is 2.21. The standard InChI is InChI=1S/C14H20N2O2/c17-9-8-13(11-4-2-1-3-5-11)15-10-12-6-7-14(18)16-12/h1-5,12-13,15,17H,6-10H2,(H,16,18)/t12-,13-/m0/s1. The molecule has 1 aliphatic rings. The van der Waals surface area contributed by atoms with Gasteiger partial charge >= 0.3 is 0 Å². The lowest BCUT2D eigenvalue weighted by atomic mass is 10.0. The number of aliphatic hydroxyl groups is 1. The number of benzene rings is 1. The van der Waals surface area contributed by atoms with E-state index in [0.29, 0.717) is 12.8 Å². The third-order valence-corrected chi connectivity index (χ3v) is 3.32. The number of aliphatic hydroxyl groups excluding tert-OH is 1. The summed E-state index contributed by atoms with van der Waals surface area (Å²) in [5.41, 5.74) is 1.18. The molecule has 0 aromatic heterocycles. The minimum Gasteiger partial charge on any atom is -0.396 e. The van der Waals surface area contributed by atoms with E-state index in [1.54, 1.807) is 0 Å². The Morgan fingerprint density at radius 2 is 2.17 bits per heavy atom. The Labute approximate surface area is 107 Å². The highest BCUT2D eigenvalue weighted by atomic mass is 16.3. The second-order valence-corrected chi connectivity index (χ2v) is 4.69. The van der Waals surface area contributed by atoms with Gasteiger partial charge in [-0.25, -0.2) is 0 Å². The SMILES string of the molecule is O=C1CC[C@@H](CN[C@@H](CCO)c2ccccc2)N1. The lowest BCUT2D eigenvalue weighted by molar-refractivity contribution is -0.119. The minimum absolute atomic E-state index is 0.139. The van der Waals surface area contributed by atoms with E-state index in [1.165, 1.54) is 5.56 Å². The van der Waals surface area contributed by atoms with Crippen LogP contribution in [0.4, 0.5) is 0 Å². The van der Waals surface area contributed by atoms with E-state index in [4.69, 9.17) is 5.11 Å². The van der Waals surface area contributed by atoms with Crippen LogP contribution < -0.4 is 10.6 Å². The monoisotopic (exact) mass is 248 g/mol. The molecule has 1 aromatic rings. The van der Waals surface area contributed by atoms with Crippen LogP contribution in [-0.4, -0.2) is 30.2 Å². The quantitative estimate of drug-likeness (QED) is 0.703. The molecule has 2 atom stereocenters. The molecular formula is C14H20N2O2. The van der Waals surface area contributed by atoms with Gasteiger partial charge in [-0.3, -0.25) is 4.79 Å². The first-order valence-electron chi connectivity index (χ1n) is 6.48. The van der Waals surface area contributed by atoms with Gasteiger partial charge in [0.25, 0.3) is 0 Å². The van der Waals surface area contributed by atoms with E-state index >= 15 is 0 Å². The summed E-state index contributed by atoms with van der Waals surface area (Å²) in [5, 5.41) is 15.5. The first-order chi connectivity index (χ1) is 8.79. The maximum Gasteiger partial charge on any atom is 0.220 e. The molecule has 1 fully saturated rings. The molecule has 0 aliphatic carbocycles. The number of carbonyl (C=O) groups is 1. The summed E-state index contributed by atoms with van der Waals surface area (Å²) >= 11 is 0. The van der Waals surface area contributed by atoms with E-state index in [-0.39, 0.29) is 24.6 Å². The molecule has 4 heteroatoms. The molecule has 2 rings (SSSR count). The Balaban J connectivity index is 1.88. The number of amides is 1. The zero-order valence-corrected chi connectivity index (χ0v) is 10.4. The van der Waals surface area contributed by atoms with Crippen LogP contribution >= 0.6 is 0 Å². The van der Waals surface area contributed by atoms with Crippen LogP contribution in [-0.2, 0) is 4.79 Å². The Hall–Kier alpha value is -1.39. The van der Waals surface area contributed by atoms with E-state index in [2.05, 4.69) is 22.8 Å². The predicted octanol–water partition coefficient (Wildman–Crippen LogP) is 0.978. The second kappa shape index (κ2) is 6.52. The van der Waals surface area contributed by atoms with E-state index in [9.17, 15) is 4.79 Å². The number of hydrogen-bond acceptors (Lipinski definition) is 3. The van der Waals surface area contributed by atoms with Crippen molar-refractivity contribution in [2.24, 2.45) is 0 Å². The topological polar surface area (TPSA) is 61.4 Å². The Kier molecular flexibility index (Phi) is 4.73. The molecule has 98 valence electrons. The molecule has 0 saturated carbocycles. The first kappa shape index (κ1) is 13.1. The summed E-state index contributed by atoms with van der Waals surface area (Å²) in [6.07, 6.45) is 2.21. The molecule has 1 amide bonds. The molecule has 1 aliphatic heterocycles. The fourth-order valence-corrected chi connectivity index (χ4v) is 2.32. The summed E-state index contributed by atoms with van der Waals surface area (Å²) in [7, 11) is 0. The van der Waals surface area contributed by atoms with Crippen molar-refractivity contribution in [3.05, 3.63) is 35.9 Å². The summed E-state index contributed by atoms with van der Waals surface area (Å²) in [4.78, 5) is 11.1. The molecule has 0 radical (unpaired) electrons.